The fraction of sp³-hybridized carbons (Fsp3) is 0.231. The van der Waals surface area contributed by atoms with Gasteiger partial charge >= 0.3 is 6.09 Å². The molecule has 1 aliphatic carbocycles. The van der Waals surface area contributed by atoms with Gasteiger partial charge in [-0.1, -0.05) is 29.8 Å². The molecule has 1 aromatic rings. The van der Waals surface area contributed by atoms with Crippen LogP contribution < -0.4 is 5.32 Å². The predicted octanol–water partition coefficient (Wildman–Crippen LogP) is 2.17. The van der Waals surface area contributed by atoms with Gasteiger partial charge in [-0.15, -0.1) is 0 Å². The summed E-state index contributed by atoms with van der Waals surface area (Å²) >= 11 is 6.14. The van der Waals surface area contributed by atoms with Crippen molar-refractivity contribution in [1.29, 1.82) is 0 Å². The molecule has 0 saturated carbocycles. The van der Waals surface area contributed by atoms with E-state index in [0.29, 0.717) is 17.0 Å². The summed E-state index contributed by atoms with van der Waals surface area (Å²) in [6.07, 6.45) is 2.45. The van der Waals surface area contributed by atoms with Crippen molar-refractivity contribution >= 4 is 23.5 Å². The summed E-state index contributed by atoms with van der Waals surface area (Å²) in [4.78, 5) is 23.8. The topological polar surface area (TPSA) is 55.4 Å². The minimum atomic E-state index is -1.09. The largest absolute Gasteiger partial charge is 0.442 e. The first-order chi connectivity index (χ1) is 8.62. The lowest BCUT2D eigenvalue weighted by molar-refractivity contribution is -0.124. The minimum absolute atomic E-state index is 0.177. The van der Waals surface area contributed by atoms with Crippen LogP contribution >= 0.6 is 11.6 Å². The zero-order chi connectivity index (χ0) is 12.8. The van der Waals surface area contributed by atoms with Crippen molar-refractivity contribution in [3.8, 4) is 0 Å². The molecule has 2 atom stereocenters. The van der Waals surface area contributed by atoms with E-state index in [2.05, 4.69) is 5.32 Å². The Labute approximate surface area is 109 Å². The Balaban J connectivity index is 2.17. The van der Waals surface area contributed by atoms with Gasteiger partial charge in [0.25, 0.3) is 0 Å². The molecule has 1 amide bonds. The second kappa shape index (κ2) is 3.85. The number of hydrogen-bond acceptors (Lipinski definition) is 3. The zero-order valence-corrected chi connectivity index (χ0v) is 10.1. The molecule has 3 rings (SSSR count). The van der Waals surface area contributed by atoms with Crippen molar-refractivity contribution in [2.24, 2.45) is 0 Å². The maximum Gasteiger partial charge on any atom is 0.408 e. The van der Waals surface area contributed by atoms with Crippen LogP contribution in [-0.2, 0) is 15.1 Å². The lowest BCUT2D eigenvalue weighted by Gasteiger charge is -2.41. The molecule has 92 valence electrons. The summed E-state index contributed by atoms with van der Waals surface area (Å²) in [7, 11) is 0. The molecule has 1 fully saturated rings. The van der Waals surface area contributed by atoms with Gasteiger partial charge in [0, 0.05) is 17.0 Å². The third-order valence-corrected chi connectivity index (χ3v) is 3.63. The van der Waals surface area contributed by atoms with Gasteiger partial charge in [-0.3, -0.25) is 4.79 Å². The molecule has 2 bridgehead atoms. The Morgan fingerprint density at radius 1 is 1.33 bits per heavy atom. The monoisotopic (exact) mass is 263 g/mol. The summed E-state index contributed by atoms with van der Waals surface area (Å²) in [5.74, 6) is -0.177. The summed E-state index contributed by atoms with van der Waals surface area (Å²) in [5.41, 5.74) is -0.477. The van der Waals surface area contributed by atoms with Gasteiger partial charge in [0.1, 0.15) is 11.6 Å². The van der Waals surface area contributed by atoms with Crippen molar-refractivity contribution in [3.63, 3.8) is 0 Å². The van der Waals surface area contributed by atoms with Crippen LogP contribution in [-0.4, -0.2) is 18.0 Å². The van der Waals surface area contributed by atoms with Crippen molar-refractivity contribution in [2.75, 3.05) is 0 Å². The Hall–Kier alpha value is -1.81. The number of rotatable bonds is 1. The highest BCUT2D eigenvalue weighted by molar-refractivity contribution is 6.32. The van der Waals surface area contributed by atoms with Crippen LogP contribution in [0.3, 0.4) is 0 Å². The second-order valence-electron chi connectivity index (χ2n) is 4.38. The molecule has 2 aliphatic rings. The number of ether oxygens (including phenoxy) is 1. The van der Waals surface area contributed by atoms with E-state index in [1.165, 1.54) is 6.08 Å². The maximum absolute atomic E-state index is 12.2. The number of benzene rings is 1. The molecule has 18 heavy (non-hydrogen) atoms. The van der Waals surface area contributed by atoms with E-state index in [4.69, 9.17) is 16.3 Å². The molecular formula is C13H10ClNO3. The van der Waals surface area contributed by atoms with E-state index in [1.807, 2.05) is 0 Å². The van der Waals surface area contributed by atoms with Crippen LogP contribution in [0.5, 0.6) is 0 Å². The standard InChI is InChI=1S/C13H10ClNO3/c14-10-4-2-1-3-9(10)13-7-8(5-6-11(13)16)18-12(17)15-13/h1-6,8H,7H2,(H,15,17)/t8-,13+/m0/s1. The molecule has 0 radical (unpaired) electrons. The van der Waals surface area contributed by atoms with Crippen LogP contribution in [0.15, 0.2) is 36.4 Å². The first-order valence-corrected chi connectivity index (χ1v) is 5.96. The Morgan fingerprint density at radius 3 is 2.89 bits per heavy atom. The summed E-state index contributed by atoms with van der Waals surface area (Å²) in [5, 5.41) is 3.08. The smallest absolute Gasteiger partial charge is 0.408 e. The molecule has 5 heteroatoms. The van der Waals surface area contributed by atoms with Gasteiger partial charge in [-0.25, -0.2) is 4.79 Å². The fourth-order valence-electron chi connectivity index (χ4n) is 2.46. The number of carbonyl (C=O) groups excluding carboxylic acids is 2. The number of fused-ring (bicyclic) bond motifs is 2. The molecule has 1 heterocycles. The molecule has 1 aromatic carbocycles. The van der Waals surface area contributed by atoms with Gasteiger partial charge in [0.05, 0.1) is 0 Å². The summed E-state index contributed by atoms with van der Waals surface area (Å²) in [6, 6.07) is 7.03. The molecular weight excluding hydrogens is 254 g/mol. The number of ketones is 1. The highest BCUT2D eigenvalue weighted by Crippen LogP contribution is 2.38. The van der Waals surface area contributed by atoms with Crippen LogP contribution in [0.2, 0.25) is 5.02 Å². The Bertz CT molecular complexity index is 569. The zero-order valence-electron chi connectivity index (χ0n) is 9.35. The van der Waals surface area contributed by atoms with E-state index < -0.39 is 11.6 Å². The van der Waals surface area contributed by atoms with Crippen molar-refractivity contribution < 1.29 is 14.3 Å². The molecule has 1 N–H and O–H groups in total. The average Bonchev–Trinajstić information content (AvgIpc) is 2.34. The van der Waals surface area contributed by atoms with Crippen molar-refractivity contribution in [1.82, 2.24) is 5.32 Å². The highest BCUT2D eigenvalue weighted by atomic mass is 35.5. The molecule has 0 aromatic heterocycles. The lowest BCUT2D eigenvalue weighted by Crippen LogP contribution is -2.59. The Morgan fingerprint density at radius 2 is 2.11 bits per heavy atom. The van der Waals surface area contributed by atoms with E-state index in [9.17, 15) is 9.59 Å². The van der Waals surface area contributed by atoms with Gasteiger partial charge in [-0.2, -0.15) is 0 Å². The molecule has 0 unspecified atom stereocenters. The predicted molar refractivity (Wildman–Crippen MR) is 65.3 cm³/mol. The van der Waals surface area contributed by atoms with Gasteiger partial charge < -0.3 is 10.1 Å². The number of hydrogen-bond donors (Lipinski definition) is 1. The van der Waals surface area contributed by atoms with Crippen LogP contribution in [0.4, 0.5) is 4.79 Å². The Kier molecular flexibility index (Phi) is 2.41. The van der Waals surface area contributed by atoms with E-state index in [-0.39, 0.29) is 11.9 Å². The number of halogens is 1. The second-order valence-corrected chi connectivity index (χ2v) is 4.79. The third-order valence-electron chi connectivity index (χ3n) is 3.30. The minimum Gasteiger partial charge on any atom is -0.442 e. The number of nitrogens with one attached hydrogen (secondary N) is 1. The number of carbonyl (C=O) groups is 2. The summed E-state index contributed by atoms with van der Waals surface area (Å²) in [6.45, 7) is 0. The molecule has 1 saturated heterocycles. The summed E-state index contributed by atoms with van der Waals surface area (Å²) < 4.78 is 5.06. The van der Waals surface area contributed by atoms with Crippen molar-refractivity contribution in [3.05, 3.63) is 47.0 Å². The van der Waals surface area contributed by atoms with Crippen LogP contribution in [0.1, 0.15) is 12.0 Å². The van der Waals surface area contributed by atoms with Gasteiger partial charge in [0.2, 0.25) is 0 Å². The van der Waals surface area contributed by atoms with Gasteiger partial charge in [0.15, 0.2) is 5.78 Å². The fourth-order valence-corrected chi connectivity index (χ4v) is 2.76. The van der Waals surface area contributed by atoms with Gasteiger partial charge in [-0.05, 0) is 18.2 Å². The lowest BCUT2D eigenvalue weighted by atomic mass is 9.76. The quantitative estimate of drug-likeness (QED) is 0.845. The van der Waals surface area contributed by atoms with E-state index in [0.717, 1.165) is 0 Å². The first kappa shape index (κ1) is 11.3. The van der Waals surface area contributed by atoms with Crippen LogP contribution in [0.25, 0.3) is 0 Å². The van der Waals surface area contributed by atoms with Crippen molar-refractivity contribution in [2.45, 2.75) is 18.1 Å². The third kappa shape index (κ3) is 1.53. The maximum atomic E-state index is 12.2. The molecule has 0 spiro atoms. The average molecular weight is 264 g/mol. The van der Waals surface area contributed by atoms with E-state index in [1.54, 1.807) is 30.3 Å². The molecule has 4 nitrogen and oxygen atoms in total. The normalized spacial score (nSPS) is 29.7. The SMILES string of the molecule is O=C1N[C@@]2(c3ccccc3Cl)C[C@H](C=CC2=O)O1. The first-order valence-electron chi connectivity index (χ1n) is 5.58. The number of amides is 1. The molecule has 1 aliphatic heterocycles. The van der Waals surface area contributed by atoms with E-state index >= 15 is 0 Å². The highest BCUT2D eigenvalue weighted by Gasteiger charge is 2.49. The number of alkyl carbamates (subject to hydrolysis) is 1. The van der Waals surface area contributed by atoms with Crippen LogP contribution in [0, 0.1) is 0 Å².